The maximum Gasteiger partial charge on any atom is 0.268 e. The second-order valence-corrected chi connectivity index (χ2v) is 9.12. The van der Waals surface area contributed by atoms with E-state index in [1.807, 2.05) is 18.2 Å². The standard InChI is InChI=1S/C28H25FN6O3/c1-18-24(32-27(36)28(2,3)38-20-10-5-4-6-11-20)16-30-26(31-18)23-15-25(22-13-14-37-34-22)35(33-23)17-19-9-7-8-12-21(19)29/h4-16H,17H2,1-3H3,(H,32,36). The summed E-state index contributed by atoms with van der Waals surface area (Å²) in [6.07, 6.45) is 2.98. The molecule has 10 heteroatoms. The number of hydrogen-bond donors (Lipinski definition) is 1. The predicted octanol–water partition coefficient (Wildman–Crippen LogP) is 5.29. The number of carbonyl (C=O) groups is 1. The molecule has 0 fully saturated rings. The van der Waals surface area contributed by atoms with Crippen LogP contribution in [0.2, 0.25) is 0 Å². The Hall–Kier alpha value is -4.86. The van der Waals surface area contributed by atoms with Crippen molar-refractivity contribution >= 4 is 11.6 Å². The van der Waals surface area contributed by atoms with E-state index in [9.17, 15) is 9.18 Å². The Labute approximate surface area is 218 Å². The molecule has 192 valence electrons. The molecule has 3 heterocycles. The number of anilines is 1. The Bertz CT molecular complexity index is 1570. The van der Waals surface area contributed by atoms with Gasteiger partial charge in [-0.25, -0.2) is 14.4 Å². The molecule has 1 amide bonds. The summed E-state index contributed by atoms with van der Waals surface area (Å²) in [5, 5.41) is 11.5. The molecule has 5 rings (SSSR count). The van der Waals surface area contributed by atoms with Crippen LogP contribution in [0.4, 0.5) is 10.1 Å². The number of nitrogens with one attached hydrogen (secondary N) is 1. The summed E-state index contributed by atoms with van der Waals surface area (Å²) < 4.78 is 26.8. The fourth-order valence-corrected chi connectivity index (χ4v) is 3.80. The highest BCUT2D eigenvalue weighted by molar-refractivity contribution is 5.97. The minimum atomic E-state index is -1.13. The van der Waals surface area contributed by atoms with Gasteiger partial charge in [0.15, 0.2) is 11.4 Å². The quantitative estimate of drug-likeness (QED) is 0.301. The number of halogens is 1. The van der Waals surface area contributed by atoms with Crippen molar-refractivity contribution in [2.45, 2.75) is 32.9 Å². The number of aryl methyl sites for hydroxylation is 1. The third-order valence-corrected chi connectivity index (χ3v) is 5.88. The molecule has 0 atom stereocenters. The van der Waals surface area contributed by atoms with Crippen molar-refractivity contribution in [1.82, 2.24) is 24.9 Å². The highest BCUT2D eigenvalue weighted by Gasteiger charge is 2.30. The van der Waals surface area contributed by atoms with Gasteiger partial charge >= 0.3 is 0 Å². The molecule has 0 aliphatic rings. The van der Waals surface area contributed by atoms with E-state index in [0.29, 0.717) is 45.6 Å². The van der Waals surface area contributed by atoms with Crippen LogP contribution in [0.5, 0.6) is 5.75 Å². The van der Waals surface area contributed by atoms with Crippen molar-refractivity contribution in [2.75, 3.05) is 5.32 Å². The zero-order chi connectivity index (χ0) is 26.7. The third-order valence-electron chi connectivity index (χ3n) is 5.88. The van der Waals surface area contributed by atoms with Gasteiger partial charge in [-0.3, -0.25) is 9.48 Å². The monoisotopic (exact) mass is 512 g/mol. The first kappa shape index (κ1) is 24.8. The summed E-state index contributed by atoms with van der Waals surface area (Å²) in [7, 11) is 0. The Morgan fingerprint density at radius 2 is 1.84 bits per heavy atom. The van der Waals surface area contributed by atoms with Gasteiger partial charge in [-0.1, -0.05) is 41.6 Å². The number of benzene rings is 2. The summed E-state index contributed by atoms with van der Waals surface area (Å²) in [6.45, 7) is 5.32. The maximum absolute atomic E-state index is 14.3. The summed E-state index contributed by atoms with van der Waals surface area (Å²) >= 11 is 0. The fraction of sp³-hybridized carbons (Fsp3) is 0.179. The first-order valence-electron chi connectivity index (χ1n) is 11.9. The zero-order valence-electron chi connectivity index (χ0n) is 21.1. The van der Waals surface area contributed by atoms with Crippen LogP contribution in [0.15, 0.2) is 83.7 Å². The van der Waals surface area contributed by atoms with Crippen LogP contribution in [0, 0.1) is 12.7 Å². The average molecular weight is 513 g/mol. The van der Waals surface area contributed by atoms with Gasteiger partial charge in [0.2, 0.25) is 0 Å². The fourth-order valence-electron chi connectivity index (χ4n) is 3.80. The van der Waals surface area contributed by atoms with Crippen LogP contribution in [-0.2, 0) is 11.3 Å². The number of para-hydroxylation sites is 1. The Morgan fingerprint density at radius 1 is 1.08 bits per heavy atom. The summed E-state index contributed by atoms with van der Waals surface area (Å²) in [4.78, 5) is 22.0. The van der Waals surface area contributed by atoms with E-state index >= 15 is 0 Å². The number of carbonyl (C=O) groups excluding carboxylic acids is 1. The van der Waals surface area contributed by atoms with Crippen LogP contribution in [-0.4, -0.2) is 36.4 Å². The second kappa shape index (κ2) is 10.3. The Balaban J connectivity index is 1.39. The highest BCUT2D eigenvalue weighted by atomic mass is 19.1. The molecule has 0 saturated carbocycles. The SMILES string of the molecule is Cc1nc(-c2cc(-c3ccon3)n(Cc3ccccc3F)n2)ncc1NC(=O)C(C)(C)Oc1ccccc1. The van der Waals surface area contributed by atoms with Gasteiger partial charge < -0.3 is 14.6 Å². The van der Waals surface area contributed by atoms with E-state index < -0.39 is 5.60 Å². The van der Waals surface area contributed by atoms with E-state index in [1.54, 1.807) is 67.9 Å². The van der Waals surface area contributed by atoms with Gasteiger partial charge in [0, 0.05) is 11.6 Å². The lowest BCUT2D eigenvalue weighted by molar-refractivity contribution is -0.128. The van der Waals surface area contributed by atoms with Crippen LogP contribution in [0.3, 0.4) is 0 Å². The van der Waals surface area contributed by atoms with E-state index in [0.717, 1.165) is 0 Å². The molecule has 5 aromatic rings. The van der Waals surface area contributed by atoms with Crippen molar-refractivity contribution < 1.29 is 18.4 Å². The van der Waals surface area contributed by atoms with E-state index in [4.69, 9.17) is 9.26 Å². The first-order chi connectivity index (χ1) is 18.3. The summed E-state index contributed by atoms with van der Waals surface area (Å²) in [6, 6.07) is 19.1. The Kier molecular flexibility index (Phi) is 6.69. The number of amides is 1. The minimum Gasteiger partial charge on any atom is -0.478 e. The van der Waals surface area contributed by atoms with Crippen molar-refractivity contribution in [3.05, 3.63) is 96.3 Å². The lowest BCUT2D eigenvalue weighted by Crippen LogP contribution is -2.42. The lowest BCUT2D eigenvalue weighted by atomic mass is 10.1. The van der Waals surface area contributed by atoms with Crippen molar-refractivity contribution in [2.24, 2.45) is 0 Å². The van der Waals surface area contributed by atoms with Crippen LogP contribution in [0.1, 0.15) is 25.1 Å². The van der Waals surface area contributed by atoms with Crippen molar-refractivity contribution in [1.29, 1.82) is 0 Å². The molecule has 0 saturated heterocycles. The molecule has 0 spiro atoms. The minimum absolute atomic E-state index is 0.179. The number of aromatic nitrogens is 5. The molecule has 0 unspecified atom stereocenters. The summed E-state index contributed by atoms with van der Waals surface area (Å²) in [5.41, 5.74) is 1.97. The van der Waals surface area contributed by atoms with E-state index in [1.165, 1.54) is 18.5 Å². The van der Waals surface area contributed by atoms with Gasteiger partial charge in [0.1, 0.15) is 29.2 Å². The van der Waals surface area contributed by atoms with Gasteiger partial charge in [-0.2, -0.15) is 5.10 Å². The number of nitrogens with zero attached hydrogens (tertiary/aromatic N) is 5. The topological polar surface area (TPSA) is 108 Å². The summed E-state index contributed by atoms with van der Waals surface area (Å²) in [5.74, 6) is 0.257. The van der Waals surface area contributed by atoms with Crippen LogP contribution >= 0.6 is 0 Å². The highest BCUT2D eigenvalue weighted by Crippen LogP contribution is 2.26. The van der Waals surface area contributed by atoms with Gasteiger partial charge in [0.05, 0.1) is 29.8 Å². The molecular weight excluding hydrogens is 487 g/mol. The maximum atomic E-state index is 14.3. The molecule has 9 nitrogen and oxygen atoms in total. The largest absolute Gasteiger partial charge is 0.478 e. The molecule has 0 radical (unpaired) electrons. The van der Waals surface area contributed by atoms with Crippen molar-refractivity contribution in [3.8, 4) is 28.7 Å². The van der Waals surface area contributed by atoms with E-state index in [2.05, 4.69) is 25.5 Å². The Morgan fingerprint density at radius 3 is 2.55 bits per heavy atom. The van der Waals surface area contributed by atoms with Crippen LogP contribution in [0.25, 0.3) is 22.9 Å². The normalized spacial score (nSPS) is 11.4. The average Bonchev–Trinajstić information content (AvgIpc) is 3.57. The number of hydrogen-bond acceptors (Lipinski definition) is 7. The lowest BCUT2D eigenvalue weighted by Gasteiger charge is -2.25. The number of rotatable bonds is 8. The molecule has 0 aliphatic carbocycles. The van der Waals surface area contributed by atoms with Gasteiger partial charge in [0.25, 0.3) is 5.91 Å². The second-order valence-electron chi connectivity index (χ2n) is 9.12. The number of ether oxygens (including phenoxy) is 1. The smallest absolute Gasteiger partial charge is 0.268 e. The molecule has 1 N–H and O–H groups in total. The van der Waals surface area contributed by atoms with E-state index in [-0.39, 0.29) is 18.3 Å². The zero-order valence-corrected chi connectivity index (χ0v) is 21.1. The molecule has 38 heavy (non-hydrogen) atoms. The third kappa shape index (κ3) is 5.29. The van der Waals surface area contributed by atoms with Gasteiger partial charge in [-0.05, 0) is 45.0 Å². The first-order valence-corrected chi connectivity index (χ1v) is 11.9. The molecular formula is C28H25FN6O3. The van der Waals surface area contributed by atoms with Crippen molar-refractivity contribution in [3.63, 3.8) is 0 Å². The molecule has 3 aromatic heterocycles. The predicted molar refractivity (Wildman–Crippen MR) is 139 cm³/mol. The molecule has 0 aliphatic heterocycles. The molecule has 2 aromatic carbocycles. The molecule has 0 bridgehead atoms. The van der Waals surface area contributed by atoms with Gasteiger partial charge in [-0.15, -0.1) is 0 Å². The van der Waals surface area contributed by atoms with Crippen LogP contribution < -0.4 is 10.1 Å².